The predicted octanol–water partition coefficient (Wildman–Crippen LogP) is 3.77. The number of fused-ring (bicyclic) bond motifs is 1. The van der Waals surface area contributed by atoms with E-state index in [9.17, 15) is 9.59 Å². The minimum Gasteiger partial charge on any atom is -0.355 e. The smallest absolute Gasteiger partial charge is 0.259 e. The molecule has 0 saturated heterocycles. The van der Waals surface area contributed by atoms with Crippen molar-refractivity contribution < 1.29 is 14.4 Å². The largest absolute Gasteiger partial charge is 0.355 e. The fourth-order valence-electron chi connectivity index (χ4n) is 4.20. The van der Waals surface area contributed by atoms with Gasteiger partial charge in [-0.3, -0.25) is 14.4 Å². The molecule has 4 rings (SSSR count). The van der Waals surface area contributed by atoms with Gasteiger partial charge in [0, 0.05) is 6.54 Å². The van der Waals surface area contributed by atoms with Crippen LogP contribution in [0.3, 0.4) is 0 Å². The Morgan fingerprint density at radius 1 is 0.750 bits per heavy atom. The van der Waals surface area contributed by atoms with Crippen molar-refractivity contribution >= 4 is 11.8 Å². The third-order valence-electron chi connectivity index (χ3n) is 5.99. The van der Waals surface area contributed by atoms with E-state index in [-0.39, 0.29) is 12.5 Å². The van der Waals surface area contributed by atoms with Crippen LogP contribution in [0.1, 0.15) is 28.7 Å². The first kappa shape index (κ1) is 21.8. The zero-order valence-corrected chi connectivity index (χ0v) is 18.1. The minimum atomic E-state index is -1.20. The van der Waals surface area contributed by atoms with Gasteiger partial charge in [0.15, 0.2) is 0 Å². The molecule has 32 heavy (non-hydrogen) atoms. The van der Waals surface area contributed by atoms with Gasteiger partial charge in [-0.1, -0.05) is 84.9 Å². The number of hydroxylamine groups is 1. The topological polar surface area (TPSA) is 67.4 Å². The number of nitrogens with one attached hydrogen (secondary N) is 2. The molecule has 0 atom stereocenters. The van der Waals surface area contributed by atoms with Crippen molar-refractivity contribution in [3.8, 4) is 0 Å². The summed E-state index contributed by atoms with van der Waals surface area (Å²) in [6.07, 6.45) is 2.42. The lowest BCUT2D eigenvalue weighted by Gasteiger charge is -2.26. The third-order valence-corrected chi connectivity index (χ3v) is 5.99. The molecule has 3 aromatic carbocycles. The maximum Gasteiger partial charge on any atom is 0.259 e. The minimum absolute atomic E-state index is 0.244. The number of hydrogen-bond donors (Lipinski definition) is 2. The lowest BCUT2D eigenvalue weighted by Crippen LogP contribution is -2.52. The monoisotopic (exact) mass is 428 g/mol. The second-order valence-corrected chi connectivity index (χ2v) is 8.25. The number of aryl methyl sites for hydroxylation is 1. The summed E-state index contributed by atoms with van der Waals surface area (Å²) in [4.78, 5) is 32.0. The highest BCUT2D eigenvalue weighted by molar-refractivity contribution is 6.06. The summed E-state index contributed by atoms with van der Waals surface area (Å²) in [5, 5.41) is 3.00. The van der Waals surface area contributed by atoms with Crippen LogP contribution in [-0.2, 0) is 40.3 Å². The number of amides is 2. The van der Waals surface area contributed by atoms with Gasteiger partial charge in [0.05, 0.1) is 6.61 Å². The standard InChI is InChI=1S/C27H28N2O3/c30-25(28-17-9-14-21-10-3-1-4-11-21)27(18-23-15-7-8-16-24(23)19-27)26(31)29-32-20-22-12-5-2-6-13-22/h1-8,10-13,15-16H,9,14,17-20H2,(H,28,30)(H,29,31). The normalized spacial score (nSPS) is 13.9. The Hall–Kier alpha value is -3.44. The SMILES string of the molecule is O=C(NCCCc1ccccc1)C1(C(=O)NOCc2ccccc2)Cc2ccccc2C1. The van der Waals surface area contributed by atoms with Crippen LogP contribution < -0.4 is 10.8 Å². The van der Waals surface area contributed by atoms with Crippen LogP contribution in [0.15, 0.2) is 84.9 Å². The highest BCUT2D eigenvalue weighted by atomic mass is 16.6. The molecule has 5 heteroatoms. The van der Waals surface area contributed by atoms with Crippen LogP contribution in [0.4, 0.5) is 0 Å². The first-order chi connectivity index (χ1) is 15.7. The molecule has 3 aromatic rings. The van der Waals surface area contributed by atoms with Gasteiger partial charge in [0.2, 0.25) is 5.91 Å². The molecular weight excluding hydrogens is 400 g/mol. The summed E-state index contributed by atoms with van der Waals surface area (Å²) < 4.78 is 0. The van der Waals surface area contributed by atoms with Crippen molar-refractivity contribution in [3.63, 3.8) is 0 Å². The zero-order valence-electron chi connectivity index (χ0n) is 18.1. The van der Waals surface area contributed by atoms with Crippen LogP contribution in [0.2, 0.25) is 0 Å². The molecule has 2 amide bonds. The molecule has 0 saturated carbocycles. The molecule has 164 valence electrons. The highest BCUT2D eigenvalue weighted by Gasteiger charge is 2.50. The lowest BCUT2D eigenvalue weighted by atomic mass is 9.82. The van der Waals surface area contributed by atoms with E-state index >= 15 is 0 Å². The van der Waals surface area contributed by atoms with E-state index in [1.807, 2.05) is 72.8 Å². The first-order valence-corrected chi connectivity index (χ1v) is 11.0. The Morgan fingerprint density at radius 3 is 1.94 bits per heavy atom. The predicted molar refractivity (Wildman–Crippen MR) is 123 cm³/mol. The van der Waals surface area contributed by atoms with Crippen molar-refractivity contribution in [1.29, 1.82) is 0 Å². The van der Waals surface area contributed by atoms with E-state index < -0.39 is 11.3 Å². The summed E-state index contributed by atoms with van der Waals surface area (Å²) >= 11 is 0. The Balaban J connectivity index is 1.39. The number of rotatable bonds is 9. The third kappa shape index (κ3) is 5.06. The van der Waals surface area contributed by atoms with Crippen LogP contribution in [0, 0.1) is 5.41 Å². The van der Waals surface area contributed by atoms with E-state index in [4.69, 9.17) is 4.84 Å². The molecule has 0 aromatic heterocycles. The van der Waals surface area contributed by atoms with E-state index in [0.29, 0.717) is 19.4 Å². The van der Waals surface area contributed by atoms with Gasteiger partial charge >= 0.3 is 0 Å². The average Bonchev–Trinajstić information content (AvgIpc) is 3.24. The fraction of sp³-hybridized carbons (Fsp3) is 0.259. The van der Waals surface area contributed by atoms with Crippen molar-refractivity contribution in [1.82, 2.24) is 10.8 Å². The van der Waals surface area contributed by atoms with E-state index in [0.717, 1.165) is 29.5 Å². The van der Waals surface area contributed by atoms with Gasteiger partial charge in [-0.05, 0) is 47.9 Å². The van der Waals surface area contributed by atoms with Crippen LogP contribution in [-0.4, -0.2) is 18.4 Å². The second-order valence-electron chi connectivity index (χ2n) is 8.25. The molecule has 0 unspecified atom stereocenters. The lowest BCUT2D eigenvalue weighted by molar-refractivity contribution is -0.152. The average molecular weight is 429 g/mol. The Kier molecular flexibility index (Phi) is 6.97. The Morgan fingerprint density at radius 2 is 1.31 bits per heavy atom. The number of hydrogen-bond acceptors (Lipinski definition) is 3. The molecular formula is C27H28N2O3. The van der Waals surface area contributed by atoms with Gasteiger partial charge in [-0.15, -0.1) is 0 Å². The maximum atomic E-state index is 13.3. The molecule has 0 aliphatic heterocycles. The Bertz CT molecular complexity index is 1030. The number of carbonyl (C=O) groups is 2. The van der Waals surface area contributed by atoms with Gasteiger partial charge in [0.25, 0.3) is 5.91 Å². The highest BCUT2D eigenvalue weighted by Crippen LogP contribution is 2.37. The summed E-state index contributed by atoms with van der Waals surface area (Å²) in [6.45, 7) is 0.762. The van der Waals surface area contributed by atoms with E-state index in [1.165, 1.54) is 5.56 Å². The van der Waals surface area contributed by atoms with Crippen molar-refractivity contribution in [2.24, 2.45) is 5.41 Å². The quantitative estimate of drug-likeness (QED) is 0.310. The van der Waals surface area contributed by atoms with Crippen LogP contribution in [0.5, 0.6) is 0 Å². The van der Waals surface area contributed by atoms with E-state index in [1.54, 1.807) is 0 Å². The number of benzene rings is 3. The molecule has 2 N–H and O–H groups in total. The molecule has 0 bridgehead atoms. The first-order valence-electron chi connectivity index (χ1n) is 11.0. The fourth-order valence-corrected chi connectivity index (χ4v) is 4.20. The van der Waals surface area contributed by atoms with Crippen molar-refractivity contribution in [2.75, 3.05) is 6.54 Å². The van der Waals surface area contributed by atoms with Crippen molar-refractivity contribution in [3.05, 3.63) is 107 Å². The van der Waals surface area contributed by atoms with E-state index in [2.05, 4.69) is 22.9 Å². The van der Waals surface area contributed by atoms with Gasteiger partial charge in [-0.25, -0.2) is 5.48 Å². The molecule has 1 aliphatic carbocycles. The summed E-state index contributed by atoms with van der Waals surface area (Å²) in [5.74, 6) is -0.646. The van der Waals surface area contributed by atoms with Gasteiger partial charge in [0.1, 0.15) is 5.41 Å². The number of carbonyl (C=O) groups excluding carboxylic acids is 2. The molecule has 1 aliphatic rings. The van der Waals surface area contributed by atoms with Crippen LogP contribution in [0.25, 0.3) is 0 Å². The molecule has 0 heterocycles. The molecule has 5 nitrogen and oxygen atoms in total. The van der Waals surface area contributed by atoms with Gasteiger partial charge < -0.3 is 5.32 Å². The van der Waals surface area contributed by atoms with Crippen LogP contribution >= 0.6 is 0 Å². The Labute approximate surface area is 188 Å². The summed E-state index contributed by atoms with van der Waals surface area (Å²) in [6, 6.07) is 27.6. The molecule has 0 spiro atoms. The molecule has 0 fully saturated rings. The summed E-state index contributed by atoms with van der Waals surface area (Å²) in [5.41, 5.74) is 5.59. The van der Waals surface area contributed by atoms with Gasteiger partial charge in [-0.2, -0.15) is 0 Å². The maximum absolute atomic E-state index is 13.3. The summed E-state index contributed by atoms with van der Waals surface area (Å²) in [7, 11) is 0. The second kappa shape index (κ2) is 10.2. The zero-order chi connectivity index (χ0) is 22.2. The van der Waals surface area contributed by atoms with Crippen molar-refractivity contribution in [2.45, 2.75) is 32.3 Å². The molecule has 0 radical (unpaired) electrons.